The molecule has 0 heterocycles. The van der Waals surface area contributed by atoms with Crippen molar-refractivity contribution >= 4 is 28.9 Å². The van der Waals surface area contributed by atoms with Crippen LogP contribution in [-0.2, 0) is 6.18 Å². The quantitative estimate of drug-likeness (QED) is 0.384. The first-order chi connectivity index (χ1) is 7.30. The molecule has 1 rings (SSSR count). The fraction of sp³-hybridized carbons (Fsp3) is 0.125. The lowest BCUT2D eigenvalue weighted by Crippen LogP contribution is -2.11. The molecule has 0 bridgehead atoms. The fourth-order valence-electron chi connectivity index (χ4n) is 0.908. The van der Waals surface area contributed by atoms with Crippen LogP contribution in [0.1, 0.15) is 5.56 Å². The van der Waals surface area contributed by atoms with Gasteiger partial charge in [-0.05, 0) is 41.7 Å². The Kier molecular flexibility index (Phi) is 4.03. The topological polar surface area (TPSA) is 29.1 Å². The molecule has 0 aliphatic rings. The van der Waals surface area contributed by atoms with E-state index in [1.807, 2.05) is 4.72 Å². The second-order valence-electron chi connectivity index (χ2n) is 2.62. The van der Waals surface area contributed by atoms with E-state index in [1.165, 1.54) is 0 Å². The molecule has 0 aromatic heterocycles. The normalized spacial score (nSPS) is 11.3. The number of alkyl halides is 3. The molecule has 8 heteroatoms. The summed E-state index contributed by atoms with van der Waals surface area (Å²) in [5.74, 6) is -1.01. The lowest BCUT2D eigenvalue weighted by atomic mass is 10.2. The molecule has 2 nitrogen and oxygen atoms in total. The molecule has 1 aromatic rings. The number of hydrogen-bond acceptors (Lipinski definition) is 2. The lowest BCUT2D eigenvalue weighted by molar-refractivity contribution is -0.139. The van der Waals surface area contributed by atoms with E-state index < -0.39 is 22.9 Å². The van der Waals surface area contributed by atoms with Gasteiger partial charge in [0.2, 0.25) is 0 Å². The Morgan fingerprint density at radius 1 is 1.38 bits per heavy atom. The third kappa shape index (κ3) is 3.57. The van der Waals surface area contributed by atoms with Gasteiger partial charge in [0.25, 0.3) is 0 Å². The van der Waals surface area contributed by atoms with Crippen molar-refractivity contribution in [3.05, 3.63) is 29.6 Å². The van der Waals surface area contributed by atoms with E-state index in [4.69, 9.17) is 11.6 Å². The Morgan fingerprint density at radius 3 is 2.50 bits per heavy atom. The zero-order valence-corrected chi connectivity index (χ0v) is 9.01. The summed E-state index contributed by atoms with van der Waals surface area (Å²) in [6, 6.07) is 2.12. The van der Waals surface area contributed by atoms with E-state index in [9.17, 15) is 22.4 Å². The number of nitrogens with one attached hydrogen (secondary N) is 1. The van der Waals surface area contributed by atoms with Gasteiger partial charge in [0.1, 0.15) is 5.82 Å². The second kappa shape index (κ2) is 4.92. The van der Waals surface area contributed by atoms with Crippen LogP contribution in [0.3, 0.4) is 0 Å². The third-order valence-electron chi connectivity index (χ3n) is 1.49. The summed E-state index contributed by atoms with van der Waals surface area (Å²) >= 11 is 5.27. The standard InChI is InChI=1S/C8H4ClF4NOS/c9-7(15)14-16-6-2-1-4(10)3-5(6)8(11,12)13/h1-3H,(H,14,15). The van der Waals surface area contributed by atoms with Crippen LogP contribution in [0.4, 0.5) is 22.4 Å². The molecule has 1 amide bonds. The van der Waals surface area contributed by atoms with E-state index in [0.717, 1.165) is 12.1 Å². The van der Waals surface area contributed by atoms with Crippen LogP contribution < -0.4 is 4.72 Å². The van der Waals surface area contributed by atoms with Crippen molar-refractivity contribution < 1.29 is 22.4 Å². The van der Waals surface area contributed by atoms with Crippen molar-refractivity contribution in [2.75, 3.05) is 0 Å². The number of rotatable bonds is 2. The molecular weight excluding hydrogens is 270 g/mol. The lowest BCUT2D eigenvalue weighted by Gasteiger charge is -2.11. The molecule has 0 unspecified atom stereocenters. The molecule has 0 fully saturated rings. The summed E-state index contributed by atoms with van der Waals surface area (Å²) in [6.45, 7) is 0. The highest BCUT2D eigenvalue weighted by Gasteiger charge is 2.34. The number of carbonyl (C=O) groups excluding carboxylic acids is 1. The summed E-state index contributed by atoms with van der Waals surface area (Å²) in [5, 5.41) is -1.01. The summed E-state index contributed by atoms with van der Waals surface area (Å²) in [6.07, 6.45) is -4.69. The molecular formula is C8H4ClF4NOS. The van der Waals surface area contributed by atoms with Gasteiger partial charge in [0.05, 0.1) is 5.56 Å². The van der Waals surface area contributed by atoms with Crippen LogP contribution in [0.5, 0.6) is 0 Å². The highest BCUT2D eigenvalue weighted by atomic mass is 35.5. The summed E-state index contributed by atoms with van der Waals surface area (Å²) < 4.78 is 51.8. The average Bonchev–Trinajstić information content (AvgIpc) is 2.14. The van der Waals surface area contributed by atoms with Crippen LogP contribution in [-0.4, -0.2) is 5.37 Å². The predicted molar refractivity (Wildman–Crippen MR) is 51.6 cm³/mol. The molecule has 0 aliphatic heterocycles. The van der Waals surface area contributed by atoms with Gasteiger partial charge in [-0.25, -0.2) is 4.39 Å². The van der Waals surface area contributed by atoms with E-state index in [1.54, 1.807) is 0 Å². The predicted octanol–water partition coefficient (Wildman–Crippen LogP) is 3.80. The Balaban J connectivity index is 3.03. The van der Waals surface area contributed by atoms with Crippen LogP contribution in [0, 0.1) is 5.82 Å². The van der Waals surface area contributed by atoms with E-state index >= 15 is 0 Å². The van der Waals surface area contributed by atoms with Crippen molar-refractivity contribution in [2.24, 2.45) is 0 Å². The van der Waals surface area contributed by atoms with Gasteiger partial charge in [-0.15, -0.1) is 0 Å². The van der Waals surface area contributed by atoms with Crippen LogP contribution >= 0.6 is 23.5 Å². The maximum absolute atomic E-state index is 12.7. The largest absolute Gasteiger partial charge is 0.417 e. The molecule has 1 N–H and O–H groups in total. The molecule has 0 radical (unpaired) electrons. The monoisotopic (exact) mass is 273 g/mol. The minimum Gasteiger partial charge on any atom is -0.282 e. The van der Waals surface area contributed by atoms with Crippen LogP contribution in [0.2, 0.25) is 0 Å². The van der Waals surface area contributed by atoms with Crippen molar-refractivity contribution in [2.45, 2.75) is 11.1 Å². The molecule has 0 spiro atoms. The first-order valence-electron chi connectivity index (χ1n) is 3.80. The first kappa shape index (κ1) is 13.1. The van der Waals surface area contributed by atoms with E-state index in [2.05, 4.69) is 0 Å². The van der Waals surface area contributed by atoms with Crippen molar-refractivity contribution in [3.63, 3.8) is 0 Å². The van der Waals surface area contributed by atoms with Gasteiger partial charge in [-0.2, -0.15) is 13.2 Å². The SMILES string of the molecule is O=C(Cl)NSc1ccc(F)cc1C(F)(F)F. The van der Waals surface area contributed by atoms with Gasteiger partial charge in [0.15, 0.2) is 0 Å². The minimum absolute atomic E-state index is 0.331. The van der Waals surface area contributed by atoms with Crippen LogP contribution in [0.25, 0.3) is 0 Å². The van der Waals surface area contributed by atoms with Gasteiger partial charge >= 0.3 is 11.5 Å². The van der Waals surface area contributed by atoms with Crippen molar-refractivity contribution in [3.8, 4) is 0 Å². The van der Waals surface area contributed by atoms with Gasteiger partial charge in [-0.3, -0.25) is 9.52 Å². The first-order valence-corrected chi connectivity index (χ1v) is 4.99. The molecule has 0 saturated heterocycles. The Morgan fingerprint density at radius 2 is 2.00 bits per heavy atom. The van der Waals surface area contributed by atoms with Gasteiger partial charge < -0.3 is 0 Å². The maximum atomic E-state index is 12.7. The average molecular weight is 274 g/mol. The number of benzene rings is 1. The van der Waals surface area contributed by atoms with E-state index in [-0.39, 0.29) is 4.90 Å². The smallest absolute Gasteiger partial charge is 0.282 e. The van der Waals surface area contributed by atoms with Gasteiger partial charge in [-0.1, -0.05) is 0 Å². The molecule has 88 valence electrons. The zero-order chi connectivity index (χ0) is 12.3. The van der Waals surface area contributed by atoms with Crippen molar-refractivity contribution in [1.82, 2.24) is 4.72 Å². The zero-order valence-electron chi connectivity index (χ0n) is 7.44. The highest BCUT2D eigenvalue weighted by molar-refractivity contribution is 7.98. The summed E-state index contributed by atoms with van der Waals surface area (Å²) in [5.41, 5.74) is -1.16. The molecule has 0 atom stereocenters. The highest BCUT2D eigenvalue weighted by Crippen LogP contribution is 2.36. The van der Waals surface area contributed by atoms with Crippen LogP contribution in [0.15, 0.2) is 23.1 Å². The molecule has 0 aliphatic carbocycles. The molecule has 16 heavy (non-hydrogen) atoms. The number of halogens is 5. The molecule has 1 aromatic carbocycles. The number of hydrogen-bond donors (Lipinski definition) is 1. The Hall–Kier alpha value is -0.950. The molecule has 0 saturated carbocycles. The minimum atomic E-state index is -4.69. The second-order valence-corrected chi connectivity index (χ2v) is 3.81. The van der Waals surface area contributed by atoms with E-state index in [0.29, 0.717) is 18.0 Å². The summed E-state index contributed by atoms with van der Waals surface area (Å²) in [4.78, 5) is 9.99. The van der Waals surface area contributed by atoms with Gasteiger partial charge in [0, 0.05) is 4.90 Å². The number of carbonyl (C=O) groups is 1. The van der Waals surface area contributed by atoms with Crippen molar-refractivity contribution in [1.29, 1.82) is 0 Å². The third-order valence-corrected chi connectivity index (χ3v) is 2.56. The fourth-order valence-corrected chi connectivity index (χ4v) is 1.63. The Labute approximate surface area is 97.1 Å². The number of amides is 1. The maximum Gasteiger partial charge on any atom is 0.417 e. The summed E-state index contributed by atoms with van der Waals surface area (Å²) in [7, 11) is 0. The Bertz CT molecular complexity index is 410.